The molecule has 0 spiro atoms. The van der Waals surface area contributed by atoms with Gasteiger partial charge in [-0.15, -0.1) is 0 Å². The van der Waals surface area contributed by atoms with Crippen molar-refractivity contribution in [2.45, 2.75) is 33.3 Å². The van der Waals surface area contributed by atoms with Gasteiger partial charge in [0.15, 0.2) is 0 Å². The van der Waals surface area contributed by atoms with Crippen molar-refractivity contribution in [1.82, 2.24) is 0 Å². The molecule has 0 atom stereocenters. The lowest BCUT2D eigenvalue weighted by atomic mass is 10.2. The number of anilines is 1. The fourth-order valence-corrected chi connectivity index (χ4v) is 1.64. The first-order chi connectivity index (χ1) is 9.93. The number of carbonyl (C=O) groups excluding carboxylic acids is 1. The average Bonchev–Trinajstić information content (AvgIpc) is 2.40. The van der Waals surface area contributed by atoms with E-state index in [0.29, 0.717) is 24.7 Å². The van der Waals surface area contributed by atoms with E-state index in [0.717, 1.165) is 0 Å². The first-order valence-corrected chi connectivity index (χ1v) is 6.85. The van der Waals surface area contributed by atoms with Gasteiger partial charge in [-0.05, 0) is 39.0 Å². The van der Waals surface area contributed by atoms with Crippen LogP contribution in [0.5, 0.6) is 5.75 Å². The van der Waals surface area contributed by atoms with Crippen LogP contribution in [0.2, 0.25) is 0 Å². The number of ether oxygens (including phenoxy) is 2. The summed E-state index contributed by atoms with van der Waals surface area (Å²) in [4.78, 5) is 22.8. The summed E-state index contributed by atoms with van der Waals surface area (Å²) >= 11 is 0. The molecule has 6 nitrogen and oxygen atoms in total. The maximum absolute atomic E-state index is 11.8. The molecule has 0 saturated heterocycles. The summed E-state index contributed by atoms with van der Waals surface area (Å²) in [6.07, 6.45) is 0.117. The molecule has 0 radical (unpaired) electrons. The second-order valence-corrected chi connectivity index (χ2v) is 4.68. The first kappa shape index (κ1) is 17.0. The van der Waals surface area contributed by atoms with Gasteiger partial charge in [0.2, 0.25) is 5.91 Å². The second kappa shape index (κ2) is 8.26. The molecule has 0 fully saturated rings. The molecule has 2 N–H and O–H groups in total. The van der Waals surface area contributed by atoms with E-state index in [-0.39, 0.29) is 24.0 Å². The Hall–Kier alpha value is -2.08. The third-order valence-corrected chi connectivity index (χ3v) is 2.54. The van der Waals surface area contributed by atoms with Gasteiger partial charge in [-0.3, -0.25) is 4.79 Å². The SMILES string of the molecule is CCOCCC(=O)Nc1cc(C(=O)O)ccc1OC(C)C. The van der Waals surface area contributed by atoms with Crippen LogP contribution in [0.3, 0.4) is 0 Å². The molecule has 0 aliphatic rings. The topological polar surface area (TPSA) is 84.9 Å². The number of benzene rings is 1. The van der Waals surface area contributed by atoms with Gasteiger partial charge in [0.05, 0.1) is 30.4 Å². The summed E-state index contributed by atoms with van der Waals surface area (Å²) in [6, 6.07) is 4.37. The molecular formula is C15H21NO5. The van der Waals surface area contributed by atoms with Crippen LogP contribution in [0.4, 0.5) is 5.69 Å². The highest BCUT2D eigenvalue weighted by molar-refractivity contribution is 5.95. The molecule has 1 rings (SSSR count). The number of carboxylic acid groups (broad SMARTS) is 1. The highest BCUT2D eigenvalue weighted by Gasteiger charge is 2.13. The molecule has 116 valence electrons. The highest BCUT2D eigenvalue weighted by atomic mass is 16.5. The van der Waals surface area contributed by atoms with Crippen molar-refractivity contribution in [2.24, 2.45) is 0 Å². The standard InChI is InChI=1S/C15H21NO5/c1-4-20-8-7-14(17)16-12-9-11(15(18)19)5-6-13(12)21-10(2)3/h5-6,9-10H,4,7-8H2,1-3H3,(H,16,17)(H,18,19). The van der Waals surface area contributed by atoms with E-state index in [4.69, 9.17) is 14.6 Å². The predicted octanol–water partition coefficient (Wildman–Crippen LogP) is 2.54. The van der Waals surface area contributed by atoms with E-state index >= 15 is 0 Å². The van der Waals surface area contributed by atoms with Crippen LogP contribution < -0.4 is 10.1 Å². The molecule has 6 heteroatoms. The number of carbonyl (C=O) groups is 2. The summed E-state index contributed by atoms with van der Waals surface area (Å²) in [5.41, 5.74) is 0.441. The highest BCUT2D eigenvalue weighted by Crippen LogP contribution is 2.27. The molecular weight excluding hydrogens is 274 g/mol. The Morgan fingerprint density at radius 2 is 2.05 bits per heavy atom. The van der Waals surface area contributed by atoms with Crippen LogP contribution in [0.1, 0.15) is 37.6 Å². The third-order valence-electron chi connectivity index (χ3n) is 2.54. The monoisotopic (exact) mass is 295 g/mol. The number of rotatable bonds is 8. The van der Waals surface area contributed by atoms with Crippen LogP contribution in [0, 0.1) is 0 Å². The summed E-state index contributed by atoms with van der Waals surface area (Å²) in [5.74, 6) is -0.865. The number of amides is 1. The van der Waals surface area contributed by atoms with Gasteiger partial charge in [-0.25, -0.2) is 4.79 Å². The molecule has 0 unspecified atom stereocenters. The number of carboxylic acids is 1. The van der Waals surface area contributed by atoms with Gasteiger partial charge in [0.1, 0.15) is 5.75 Å². The number of hydrogen-bond acceptors (Lipinski definition) is 4. The van der Waals surface area contributed by atoms with Crippen LogP contribution in [0.25, 0.3) is 0 Å². The van der Waals surface area contributed by atoms with Crippen molar-refractivity contribution >= 4 is 17.6 Å². The maximum Gasteiger partial charge on any atom is 0.335 e. The quantitative estimate of drug-likeness (QED) is 0.720. The minimum atomic E-state index is -1.06. The Morgan fingerprint density at radius 1 is 1.33 bits per heavy atom. The second-order valence-electron chi connectivity index (χ2n) is 4.68. The normalized spacial score (nSPS) is 10.5. The van der Waals surface area contributed by atoms with E-state index in [1.165, 1.54) is 12.1 Å². The average molecular weight is 295 g/mol. The lowest BCUT2D eigenvalue weighted by Crippen LogP contribution is -2.16. The Morgan fingerprint density at radius 3 is 2.62 bits per heavy atom. The van der Waals surface area contributed by atoms with E-state index in [1.54, 1.807) is 6.07 Å². The maximum atomic E-state index is 11.8. The van der Waals surface area contributed by atoms with Crippen LogP contribution >= 0.6 is 0 Å². The number of hydrogen-bond donors (Lipinski definition) is 2. The van der Waals surface area contributed by atoms with Crippen molar-refractivity contribution in [3.8, 4) is 5.75 Å². The lowest BCUT2D eigenvalue weighted by molar-refractivity contribution is -0.117. The zero-order valence-electron chi connectivity index (χ0n) is 12.5. The van der Waals surface area contributed by atoms with Gasteiger partial charge in [-0.1, -0.05) is 0 Å². The van der Waals surface area contributed by atoms with E-state index in [9.17, 15) is 9.59 Å². The fourth-order valence-electron chi connectivity index (χ4n) is 1.64. The Labute approximate surface area is 124 Å². The molecule has 1 aromatic carbocycles. The summed E-state index contributed by atoms with van der Waals surface area (Å²) in [6.45, 7) is 6.42. The van der Waals surface area contributed by atoms with Gasteiger partial charge in [0, 0.05) is 6.61 Å². The van der Waals surface area contributed by atoms with Gasteiger partial charge < -0.3 is 19.9 Å². The van der Waals surface area contributed by atoms with Crippen molar-refractivity contribution in [1.29, 1.82) is 0 Å². The van der Waals surface area contributed by atoms with E-state index in [2.05, 4.69) is 5.32 Å². The summed E-state index contributed by atoms with van der Waals surface area (Å²) < 4.78 is 10.7. The number of nitrogens with one attached hydrogen (secondary N) is 1. The predicted molar refractivity (Wildman–Crippen MR) is 78.9 cm³/mol. The number of aromatic carboxylic acids is 1. The molecule has 0 bridgehead atoms. The van der Waals surface area contributed by atoms with E-state index < -0.39 is 5.97 Å². The molecule has 0 saturated carbocycles. The molecule has 1 amide bonds. The minimum absolute atomic E-state index is 0.0836. The Balaban J connectivity index is 2.86. The molecule has 0 aliphatic carbocycles. The summed E-state index contributed by atoms with van der Waals surface area (Å²) in [7, 11) is 0. The van der Waals surface area contributed by atoms with Crippen LogP contribution in [-0.2, 0) is 9.53 Å². The van der Waals surface area contributed by atoms with Gasteiger partial charge >= 0.3 is 5.97 Å². The molecule has 1 aromatic rings. The Bertz CT molecular complexity index is 499. The largest absolute Gasteiger partial charge is 0.489 e. The molecule has 0 aromatic heterocycles. The van der Waals surface area contributed by atoms with Crippen LogP contribution in [-0.4, -0.2) is 36.3 Å². The van der Waals surface area contributed by atoms with Crippen molar-refractivity contribution in [3.63, 3.8) is 0 Å². The smallest absolute Gasteiger partial charge is 0.335 e. The third kappa shape index (κ3) is 5.83. The van der Waals surface area contributed by atoms with Crippen molar-refractivity contribution in [3.05, 3.63) is 23.8 Å². The first-order valence-electron chi connectivity index (χ1n) is 6.85. The van der Waals surface area contributed by atoms with Crippen molar-refractivity contribution in [2.75, 3.05) is 18.5 Å². The van der Waals surface area contributed by atoms with Gasteiger partial charge in [-0.2, -0.15) is 0 Å². The molecule has 21 heavy (non-hydrogen) atoms. The van der Waals surface area contributed by atoms with Crippen molar-refractivity contribution < 1.29 is 24.2 Å². The van der Waals surface area contributed by atoms with E-state index in [1.807, 2.05) is 20.8 Å². The minimum Gasteiger partial charge on any atom is -0.489 e. The molecule has 0 aliphatic heterocycles. The Kier molecular flexibility index (Phi) is 6.68. The zero-order valence-corrected chi connectivity index (χ0v) is 12.5. The molecule has 0 heterocycles. The fraction of sp³-hybridized carbons (Fsp3) is 0.467. The van der Waals surface area contributed by atoms with Gasteiger partial charge in [0.25, 0.3) is 0 Å². The van der Waals surface area contributed by atoms with Crippen LogP contribution in [0.15, 0.2) is 18.2 Å². The lowest BCUT2D eigenvalue weighted by Gasteiger charge is -2.15. The summed E-state index contributed by atoms with van der Waals surface area (Å²) in [5, 5.41) is 11.7. The zero-order chi connectivity index (χ0) is 15.8.